The number of rotatable bonds is 8. The SMILES string of the molecule is CCN(CC)CCN(C(=O)c1cc(C)ccc1C)c1nc2ccc(OC)cc2s1. The largest absolute Gasteiger partial charge is 0.497 e. The number of methoxy groups -OCH3 is 1. The predicted molar refractivity (Wildman–Crippen MR) is 122 cm³/mol. The molecule has 0 aliphatic heterocycles. The normalized spacial score (nSPS) is 11.2. The third-order valence-electron chi connectivity index (χ3n) is 5.22. The van der Waals surface area contributed by atoms with Crippen LogP contribution in [0.3, 0.4) is 0 Å². The summed E-state index contributed by atoms with van der Waals surface area (Å²) in [6, 6.07) is 11.8. The first kappa shape index (κ1) is 21.3. The van der Waals surface area contributed by atoms with Crippen LogP contribution < -0.4 is 9.64 Å². The van der Waals surface area contributed by atoms with Crippen molar-refractivity contribution in [1.82, 2.24) is 9.88 Å². The van der Waals surface area contributed by atoms with E-state index in [0.717, 1.165) is 57.4 Å². The molecule has 0 saturated carbocycles. The molecule has 1 heterocycles. The number of benzene rings is 2. The first-order valence-electron chi connectivity index (χ1n) is 10.0. The number of nitrogens with zero attached hydrogens (tertiary/aromatic N) is 3. The van der Waals surface area contributed by atoms with E-state index in [9.17, 15) is 4.79 Å². The molecule has 0 unspecified atom stereocenters. The lowest BCUT2D eigenvalue weighted by atomic mass is 10.0. The number of ether oxygens (including phenoxy) is 1. The van der Waals surface area contributed by atoms with Gasteiger partial charge in [-0.25, -0.2) is 4.98 Å². The number of hydrogen-bond acceptors (Lipinski definition) is 5. The highest BCUT2D eigenvalue weighted by Crippen LogP contribution is 2.32. The zero-order valence-electron chi connectivity index (χ0n) is 17.9. The second-order valence-electron chi connectivity index (χ2n) is 7.13. The Bertz CT molecular complexity index is 995. The summed E-state index contributed by atoms with van der Waals surface area (Å²) in [4.78, 5) is 22.5. The Kier molecular flexibility index (Phi) is 6.87. The molecule has 0 aliphatic rings. The molecule has 29 heavy (non-hydrogen) atoms. The number of aryl methyl sites for hydroxylation is 2. The number of amides is 1. The van der Waals surface area contributed by atoms with Gasteiger partial charge >= 0.3 is 0 Å². The maximum Gasteiger partial charge on any atom is 0.260 e. The first-order valence-corrected chi connectivity index (χ1v) is 10.8. The maximum absolute atomic E-state index is 13.6. The number of anilines is 1. The van der Waals surface area contributed by atoms with Crippen LogP contribution in [0.15, 0.2) is 36.4 Å². The van der Waals surface area contributed by atoms with Crippen molar-refractivity contribution in [2.45, 2.75) is 27.7 Å². The number of aromatic nitrogens is 1. The topological polar surface area (TPSA) is 45.7 Å². The van der Waals surface area contributed by atoms with Crippen molar-refractivity contribution in [3.63, 3.8) is 0 Å². The van der Waals surface area contributed by atoms with Crippen LogP contribution in [-0.4, -0.2) is 49.1 Å². The van der Waals surface area contributed by atoms with Crippen molar-refractivity contribution in [2.24, 2.45) is 0 Å². The van der Waals surface area contributed by atoms with Crippen molar-refractivity contribution in [3.8, 4) is 5.75 Å². The van der Waals surface area contributed by atoms with Crippen LogP contribution in [0.2, 0.25) is 0 Å². The van der Waals surface area contributed by atoms with E-state index in [-0.39, 0.29) is 5.91 Å². The van der Waals surface area contributed by atoms with Crippen LogP contribution >= 0.6 is 11.3 Å². The molecule has 0 radical (unpaired) electrons. The Hall–Kier alpha value is -2.44. The van der Waals surface area contributed by atoms with Gasteiger partial charge in [-0.1, -0.05) is 42.9 Å². The minimum Gasteiger partial charge on any atom is -0.497 e. The molecular formula is C23H29N3O2S. The van der Waals surface area contributed by atoms with E-state index in [2.05, 4.69) is 18.7 Å². The zero-order chi connectivity index (χ0) is 21.0. The number of hydrogen-bond donors (Lipinski definition) is 0. The smallest absolute Gasteiger partial charge is 0.260 e. The van der Waals surface area contributed by atoms with Crippen molar-refractivity contribution in [3.05, 3.63) is 53.1 Å². The molecule has 6 heteroatoms. The van der Waals surface area contributed by atoms with E-state index >= 15 is 0 Å². The van der Waals surface area contributed by atoms with E-state index in [1.165, 1.54) is 11.3 Å². The summed E-state index contributed by atoms with van der Waals surface area (Å²) in [5, 5.41) is 0.728. The molecule has 154 valence electrons. The summed E-state index contributed by atoms with van der Waals surface area (Å²) in [7, 11) is 1.66. The molecule has 3 aromatic rings. The highest BCUT2D eigenvalue weighted by Gasteiger charge is 2.23. The van der Waals surface area contributed by atoms with Gasteiger partial charge in [0, 0.05) is 18.7 Å². The lowest BCUT2D eigenvalue weighted by Gasteiger charge is -2.25. The van der Waals surface area contributed by atoms with Crippen LogP contribution in [0.4, 0.5) is 5.13 Å². The molecule has 0 bridgehead atoms. The predicted octanol–water partition coefficient (Wildman–Crippen LogP) is 4.91. The molecule has 0 spiro atoms. The van der Waals surface area contributed by atoms with Crippen LogP contribution in [0.5, 0.6) is 5.75 Å². The number of thiazole rings is 1. The first-order chi connectivity index (χ1) is 14.0. The summed E-state index contributed by atoms with van der Waals surface area (Å²) in [5.41, 5.74) is 3.68. The number of fused-ring (bicyclic) bond motifs is 1. The Morgan fingerprint density at radius 1 is 1.07 bits per heavy atom. The summed E-state index contributed by atoms with van der Waals surface area (Å²) < 4.78 is 6.35. The van der Waals surface area contributed by atoms with Gasteiger partial charge in [0.2, 0.25) is 0 Å². The fraction of sp³-hybridized carbons (Fsp3) is 0.391. The Labute approximate surface area is 176 Å². The summed E-state index contributed by atoms with van der Waals surface area (Å²) >= 11 is 1.53. The Morgan fingerprint density at radius 3 is 2.52 bits per heavy atom. The van der Waals surface area contributed by atoms with Crippen LogP contribution in [-0.2, 0) is 0 Å². The van der Waals surface area contributed by atoms with Gasteiger partial charge < -0.3 is 9.64 Å². The molecule has 2 aromatic carbocycles. The van der Waals surface area contributed by atoms with E-state index in [0.29, 0.717) is 6.54 Å². The highest BCUT2D eigenvalue weighted by molar-refractivity contribution is 7.22. The lowest BCUT2D eigenvalue weighted by molar-refractivity contribution is 0.0983. The van der Waals surface area contributed by atoms with Gasteiger partial charge in [0.05, 0.1) is 17.3 Å². The summed E-state index contributed by atoms with van der Waals surface area (Å²) in [5.74, 6) is 0.799. The maximum atomic E-state index is 13.6. The second-order valence-corrected chi connectivity index (χ2v) is 8.14. The number of carbonyl (C=O) groups excluding carboxylic acids is 1. The fourth-order valence-electron chi connectivity index (χ4n) is 3.31. The Morgan fingerprint density at radius 2 is 1.83 bits per heavy atom. The van der Waals surface area contributed by atoms with E-state index in [1.54, 1.807) is 7.11 Å². The van der Waals surface area contributed by atoms with Crippen molar-refractivity contribution in [2.75, 3.05) is 38.2 Å². The third-order valence-corrected chi connectivity index (χ3v) is 6.26. The quantitative estimate of drug-likeness (QED) is 0.528. The molecule has 0 N–H and O–H groups in total. The molecule has 1 aromatic heterocycles. The van der Waals surface area contributed by atoms with Crippen LogP contribution in [0.1, 0.15) is 35.3 Å². The molecule has 3 rings (SSSR count). The second kappa shape index (κ2) is 9.37. The van der Waals surface area contributed by atoms with E-state index in [1.807, 2.05) is 55.1 Å². The highest BCUT2D eigenvalue weighted by atomic mass is 32.1. The minimum absolute atomic E-state index is 0.00405. The summed E-state index contributed by atoms with van der Waals surface area (Å²) in [6.45, 7) is 11.6. The van der Waals surface area contributed by atoms with Gasteiger partial charge in [-0.3, -0.25) is 9.69 Å². The molecule has 0 aliphatic carbocycles. The van der Waals surface area contributed by atoms with E-state index in [4.69, 9.17) is 9.72 Å². The third kappa shape index (κ3) is 4.77. The van der Waals surface area contributed by atoms with Crippen LogP contribution in [0, 0.1) is 13.8 Å². The average Bonchev–Trinajstić information content (AvgIpc) is 3.15. The molecular weight excluding hydrogens is 382 g/mol. The number of carbonyl (C=O) groups is 1. The standard InChI is InChI=1S/C23H29N3O2S/c1-6-25(7-2)12-13-26(22(27)19-14-16(3)8-9-17(19)4)23-24-20-11-10-18(28-5)15-21(20)29-23/h8-11,14-15H,6-7,12-13H2,1-5H3. The Balaban J connectivity index is 2.00. The monoisotopic (exact) mass is 411 g/mol. The van der Waals surface area contributed by atoms with Crippen molar-refractivity contribution < 1.29 is 9.53 Å². The lowest BCUT2D eigenvalue weighted by Crippen LogP contribution is -2.39. The number of likely N-dealkylation sites (N-methyl/N-ethyl adjacent to an activating group) is 1. The van der Waals surface area contributed by atoms with E-state index < -0.39 is 0 Å². The van der Waals surface area contributed by atoms with Crippen molar-refractivity contribution >= 4 is 32.6 Å². The van der Waals surface area contributed by atoms with Gasteiger partial charge in [-0.2, -0.15) is 0 Å². The van der Waals surface area contributed by atoms with Crippen LogP contribution in [0.25, 0.3) is 10.2 Å². The molecule has 0 saturated heterocycles. The fourth-order valence-corrected chi connectivity index (χ4v) is 4.33. The zero-order valence-corrected chi connectivity index (χ0v) is 18.7. The van der Waals surface area contributed by atoms with Crippen molar-refractivity contribution in [1.29, 1.82) is 0 Å². The molecule has 0 fully saturated rings. The molecule has 5 nitrogen and oxygen atoms in total. The van der Waals surface area contributed by atoms with Gasteiger partial charge in [0.25, 0.3) is 5.91 Å². The molecule has 1 amide bonds. The summed E-state index contributed by atoms with van der Waals surface area (Å²) in [6.07, 6.45) is 0. The molecule has 0 atom stereocenters. The van der Waals surface area contributed by atoms with Gasteiger partial charge in [-0.15, -0.1) is 0 Å². The van der Waals surface area contributed by atoms with Gasteiger partial charge in [-0.05, 0) is 56.8 Å². The average molecular weight is 412 g/mol. The minimum atomic E-state index is 0.00405. The van der Waals surface area contributed by atoms with Gasteiger partial charge in [0.15, 0.2) is 5.13 Å². The van der Waals surface area contributed by atoms with Gasteiger partial charge in [0.1, 0.15) is 5.75 Å².